The molecule has 0 saturated carbocycles. The molecule has 88 valence electrons. The predicted molar refractivity (Wildman–Crippen MR) is 63.0 cm³/mol. The fourth-order valence-corrected chi connectivity index (χ4v) is 1.40. The summed E-state index contributed by atoms with van der Waals surface area (Å²) in [5.74, 6) is -0.247. The number of hydrogen-bond acceptors (Lipinski definition) is 4. The van der Waals surface area contributed by atoms with Gasteiger partial charge < -0.3 is 15.4 Å². The lowest BCUT2D eigenvalue weighted by molar-refractivity contribution is -0.142. The summed E-state index contributed by atoms with van der Waals surface area (Å²) in [6, 6.07) is 9.75. The van der Waals surface area contributed by atoms with Crippen molar-refractivity contribution in [3.05, 3.63) is 35.9 Å². The molecule has 16 heavy (non-hydrogen) atoms. The molecule has 0 bridgehead atoms. The van der Waals surface area contributed by atoms with Crippen molar-refractivity contribution in [1.29, 1.82) is 0 Å². The van der Waals surface area contributed by atoms with E-state index >= 15 is 0 Å². The number of methoxy groups -OCH3 is 1. The standard InChI is InChI=1S/C12H18N2O2/c1-13-11(12(15)16-2)9-14-8-10-6-4-3-5-7-10/h3-7,11,13-14H,8-9H2,1-2H3. The monoisotopic (exact) mass is 222 g/mol. The quantitative estimate of drug-likeness (QED) is 0.690. The van der Waals surface area contributed by atoms with E-state index in [0.29, 0.717) is 6.54 Å². The van der Waals surface area contributed by atoms with Crippen LogP contribution in [0.1, 0.15) is 5.56 Å². The Morgan fingerprint density at radius 2 is 2.06 bits per heavy atom. The fourth-order valence-electron chi connectivity index (χ4n) is 1.40. The van der Waals surface area contributed by atoms with Crippen molar-refractivity contribution >= 4 is 5.97 Å². The second-order valence-corrected chi connectivity index (χ2v) is 3.48. The molecular formula is C12H18N2O2. The maximum Gasteiger partial charge on any atom is 0.324 e. The van der Waals surface area contributed by atoms with Crippen LogP contribution in [0.4, 0.5) is 0 Å². The van der Waals surface area contributed by atoms with E-state index in [1.807, 2.05) is 30.3 Å². The summed E-state index contributed by atoms with van der Waals surface area (Å²) >= 11 is 0. The predicted octanol–water partition coefficient (Wildman–Crippen LogP) is 0.537. The Bertz CT molecular complexity index is 314. The zero-order valence-electron chi connectivity index (χ0n) is 9.69. The molecule has 1 aromatic rings. The van der Waals surface area contributed by atoms with Crippen LogP contribution in [0.25, 0.3) is 0 Å². The number of carbonyl (C=O) groups excluding carboxylic acids is 1. The Labute approximate surface area is 96.0 Å². The summed E-state index contributed by atoms with van der Waals surface area (Å²) in [7, 11) is 3.13. The number of hydrogen-bond donors (Lipinski definition) is 2. The Kier molecular flexibility index (Phi) is 5.53. The number of benzene rings is 1. The average Bonchev–Trinajstić information content (AvgIpc) is 2.35. The molecule has 0 radical (unpaired) electrons. The van der Waals surface area contributed by atoms with Crippen LogP contribution in [0.5, 0.6) is 0 Å². The van der Waals surface area contributed by atoms with Gasteiger partial charge >= 0.3 is 5.97 Å². The first kappa shape index (κ1) is 12.7. The zero-order valence-corrected chi connectivity index (χ0v) is 9.69. The highest BCUT2D eigenvalue weighted by Gasteiger charge is 2.15. The van der Waals surface area contributed by atoms with E-state index in [-0.39, 0.29) is 12.0 Å². The van der Waals surface area contributed by atoms with Gasteiger partial charge in [0.05, 0.1) is 7.11 Å². The number of rotatable bonds is 6. The maximum atomic E-state index is 11.3. The van der Waals surface area contributed by atoms with Crippen molar-refractivity contribution in [3.8, 4) is 0 Å². The molecule has 0 aliphatic rings. The Morgan fingerprint density at radius 3 is 2.62 bits per heavy atom. The molecule has 0 saturated heterocycles. The van der Waals surface area contributed by atoms with Crippen LogP contribution in [0.3, 0.4) is 0 Å². The van der Waals surface area contributed by atoms with Crippen LogP contribution in [0.2, 0.25) is 0 Å². The SMILES string of the molecule is CNC(CNCc1ccccc1)C(=O)OC. The van der Waals surface area contributed by atoms with Crippen LogP contribution in [-0.4, -0.2) is 32.7 Å². The lowest BCUT2D eigenvalue weighted by atomic mass is 10.2. The molecule has 1 aromatic carbocycles. The van der Waals surface area contributed by atoms with Gasteiger partial charge in [-0.1, -0.05) is 30.3 Å². The molecule has 2 N–H and O–H groups in total. The molecular weight excluding hydrogens is 204 g/mol. The molecule has 1 rings (SSSR count). The number of esters is 1. The smallest absolute Gasteiger partial charge is 0.324 e. The first-order valence-electron chi connectivity index (χ1n) is 5.27. The van der Waals surface area contributed by atoms with Gasteiger partial charge in [-0.05, 0) is 12.6 Å². The maximum absolute atomic E-state index is 11.3. The normalized spacial score (nSPS) is 12.1. The van der Waals surface area contributed by atoms with E-state index in [2.05, 4.69) is 15.4 Å². The third-order valence-electron chi connectivity index (χ3n) is 2.35. The molecule has 0 amide bonds. The van der Waals surface area contributed by atoms with Crippen LogP contribution >= 0.6 is 0 Å². The number of likely N-dealkylation sites (N-methyl/N-ethyl adjacent to an activating group) is 1. The van der Waals surface area contributed by atoms with Gasteiger partial charge in [-0.25, -0.2) is 0 Å². The molecule has 0 fully saturated rings. The second kappa shape index (κ2) is 6.98. The van der Waals surface area contributed by atoms with Gasteiger partial charge in [0, 0.05) is 13.1 Å². The van der Waals surface area contributed by atoms with E-state index in [1.54, 1.807) is 7.05 Å². The molecule has 4 heteroatoms. The van der Waals surface area contributed by atoms with Gasteiger partial charge in [0.1, 0.15) is 6.04 Å². The third-order valence-corrected chi connectivity index (χ3v) is 2.35. The average molecular weight is 222 g/mol. The highest BCUT2D eigenvalue weighted by atomic mass is 16.5. The van der Waals surface area contributed by atoms with E-state index in [4.69, 9.17) is 0 Å². The van der Waals surface area contributed by atoms with E-state index < -0.39 is 0 Å². The van der Waals surface area contributed by atoms with Crippen LogP contribution < -0.4 is 10.6 Å². The minimum Gasteiger partial charge on any atom is -0.468 e. The zero-order chi connectivity index (χ0) is 11.8. The Hall–Kier alpha value is -1.39. The summed E-state index contributed by atoms with van der Waals surface area (Å²) < 4.78 is 4.66. The van der Waals surface area contributed by atoms with Gasteiger partial charge in [0.15, 0.2) is 0 Å². The molecule has 1 atom stereocenters. The molecule has 1 unspecified atom stereocenters. The Balaban J connectivity index is 2.31. The summed E-state index contributed by atoms with van der Waals surface area (Å²) in [4.78, 5) is 11.3. The van der Waals surface area contributed by atoms with Crippen molar-refractivity contribution in [2.24, 2.45) is 0 Å². The molecule has 0 heterocycles. The topological polar surface area (TPSA) is 50.4 Å². The highest BCUT2D eigenvalue weighted by molar-refractivity contribution is 5.75. The molecule has 0 aliphatic carbocycles. The Morgan fingerprint density at radius 1 is 1.38 bits per heavy atom. The first-order chi connectivity index (χ1) is 7.77. The molecule has 0 spiro atoms. The van der Waals surface area contributed by atoms with Crippen LogP contribution in [0.15, 0.2) is 30.3 Å². The van der Waals surface area contributed by atoms with Crippen molar-refractivity contribution in [2.45, 2.75) is 12.6 Å². The van der Waals surface area contributed by atoms with E-state index in [9.17, 15) is 4.79 Å². The third kappa shape index (κ3) is 4.00. The largest absolute Gasteiger partial charge is 0.468 e. The molecule has 4 nitrogen and oxygen atoms in total. The lowest BCUT2D eigenvalue weighted by Gasteiger charge is -2.14. The van der Waals surface area contributed by atoms with Gasteiger partial charge in [0.2, 0.25) is 0 Å². The molecule has 0 aliphatic heterocycles. The number of nitrogens with one attached hydrogen (secondary N) is 2. The number of carbonyl (C=O) groups is 1. The summed E-state index contributed by atoms with van der Waals surface area (Å²) in [5.41, 5.74) is 1.20. The van der Waals surface area contributed by atoms with Crippen LogP contribution in [-0.2, 0) is 16.1 Å². The van der Waals surface area contributed by atoms with E-state index in [1.165, 1.54) is 12.7 Å². The highest BCUT2D eigenvalue weighted by Crippen LogP contribution is 1.97. The van der Waals surface area contributed by atoms with Gasteiger partial charge in [-0.15, -0.1) is 0 Å². The summed E-state index contributed by atoms with van der Waals surface area (Å²) in [6.45, 7) is 1.30. The summed E-state index contributed by atoms with van der Waals surface area (Å²) in [6.07, 6.45) is 0. The minimum absolute atomic E-state index is 0.247. The van der Waals surface area contributed by atoms with Gasteiger partial charge in [0.25, 0.3) is 0 Å². The second-order valence-electron chi connectivity index (χ2n) is 3.48. The van der Waals surface area contributed by atoms with Crippen LogP contribution in [0, 0.1) is 0 Å². The van der Waals surface area contributed by atoms with Crippen molar-refractivity contribution < 1.29 is 9.53 Å². The van der Waals surface area contributed by atoms with Gasteiger partial charge in [-0.2, -0.15) is 0 Å². The molecule has 0 aromatic heterocycles. The lowest BCUT2D eigenvalue weighted by Crippen LogP contribution is -2.43. The number of ether oxygens (including phenoxy) is 1. The van der Waals surface area contributed by atoms with Crippen molar-refractivity contribution in [3.63, 3.8) is 0 Å². The fraction of sp³-hybridized carbons (Fsp3) is 0.417. The van der Waals surface area contributed by atoms with Gasteiger partial charge in [-0.3, -0.25) is 4.79 Å². The van der Waals surface area contributed by atoms with Crippen molar-refractivity contribution in [1.82, 2.24) is 10.6 Å². The van der Waals surface area contributed by atoms with Crippen molar-refractivity contribution in [2.75, 3.05) is 20.7 Å². The summed E-state index contributed by atoms with van der Waals surface area (Å²) in [5, 5.41) is 6.11. The van der Waals surface area contributed by atoms with E-state index in [0.717, 1.165) is 6.54 Å². The first-order valence-corrected chi connectivity index (χ1v) is 5.27. The minimum atomic E-state index is -0.297.